The molecule has 0 heterocycles. The highest BCUT2D eigenvalue weighted by Crippen LogP contribution is 2.12. The lowest BCUT2D eigenvalue weighted by atomic mass is 10.0. The number of rotatable bonds is 10. The van der Waals surface area contributed by atoms with Gasteiger partial charge in [0, 0.05) is 0 Å². The van der Waals surface area contributed by atoms with Crippen LogP contribution in [0, 0.1) is 5.92 Å². The van der Waals surface area contributed by atoms with Gasteiger partial charge < -0.3 is 15.9 Å². The predicted molar refractivity (Wildman–Crippen MR) is 64.7 cm³/mol. The monoisotopic (exact) mass is 245 g/mol. The van der Waals surface area contributed by atoms with Gasteiger partial charge in [-0.25, -0.2) is 0 Å². The molecule has 0 aliphatic carbocycles. The first-order chi connectivity index (χ1) is 7.95. The summed E-state index contributed by atoms with van der Waals surface area (Å²) in [5, 5.41) is 17.2. The van der Waals surface area contributed by atoms with Gasteiger partial charge in [0.1, 0.15) is 6.04 Å². The first kappa shape index (κ1) is 15.9. The van der Waals surface area contributed by atoms with Crippen LogP contribution < -0.4 is 5.73 Å². The first-order valence-corrected chi connectivity index (χ1v) is 6.16. The van der Waals surface area contributed by atoms with E-state index in [1.165, 1.54) is 0 Å². The van der Waals surface area contributed by atoms with Gasteiger partial charge in [0.05, 0.1) is 5.92 Å². The molecule has 0 spiro atoms. The SMILES string of the molecule is CC(CCCCCCCC(N)C(=O)O)C(=O)O. The Morgan fingerprint density at radius 1 is 0.941 bits per heavy atom. The van der Waals surface area contributed by atoms with Crippen molar-refractivity contribution in [3.05, 3.63) is 0 Å². The zero-order valence-electron chi connectivity index (χ0n) is 10.4. The fraction of sp³-hybridized carbons (Fsp3) is 0.833. The third kappa shape index (κ3) is 8.68. The highest BCUT2D eigenvalue weighted by Gasteiger charge is 2.11. The summed E-state index contributed by atoms with van der Waals surface area (Å²) >= 11 is 0. The number of carbonyl (C=O) groups is 2. The fourth-order valence-electron chi connectivity index (χ4n) is 1.59. The van der Waals surface area contributed by atoms with Crippen LogP contribution in [0.2, 0.25) is 0 Å². The molecule has 0 aromatic carbocycles. The topological polar surface area (TPSA) is 101 Å². The number of carboxylic acids is 2. The van der Waals surface area contributed by atoms with Crippen molar-refractivity contribution in [2.75, 3.05) is 0 Å². The number of nitrogens with two attached hydrogens (primary N) is 1. The minimum absolute atomic E-state index is 0.268. The van der Waals surface area contributed by atoms with Crippen LogP contribution in [0.5, 0.6) is 0 Å². The molecule has 2 atom stereocenters. The van der Waals surface area contributed by atoms with Crippen molar-refractivity contribution in [1.29, 1.82) is 0 Å². The Morgan fingerprint density at radius 3 is 1.88 bits per heavy atom. The molecule has 0 radical (unpaired) electrons. The Labute approximate surface area is 102 Å². The number of hydrogen-bond acceptors (Lipinski definition) is 3. The molecule has 0 aliphatic rings. The second kappa shape index (κ2) is 8.98. The van der Waals surface area contributed by atoms with Crippen LogP contribution in [-0.4, -0.2) is 28.2 Å². The highest BCUT2D eigenvalue weighted by molar-refractivity contribution is 5.72. The second-order valence-electron chi connectivity index (χ2n) is 4.53. The van der Waals surface area contributed by atoms with Crippen LogP contribution in [0.1, 0.15) is 51.9 Å². The summed E-state index contributed by atoms with van der Waals surface area (Å²) in [6.07, 6.45) is 5.94. The molecule has 0 bridgehead atoms. The minimum Gasteiger partial charge on any atom is -0.481 e. The number of aliphatic carboxylic acids is 2. The molecule has 0 fully saturated rings. The maximum atomic E-state index is 10.5. The summed E-state index contributed by atoms with van der Waals surface area (Å²) in [4.78, 5) is 21.0. The summed E-state index contributed by atoms with van der Waals surface area (Å²) in [7, 11) is 0. The minimum atomic E-state index is -0.944. The quantitative estimate of drug-likeness (QED) is 0.510. The third-order valence-electron chi connectivity index (χ3n) is 2.89. The Balaban J connectivity index is 3.30. The molecule has 5 nitrogen and oxygen atoms in total. The zero-order chi connectivity index (χ0) is 13.3. The fourth-order valence-corrected chi connectivity index (χ4v) is 1.59. The molecular formula is C12H23NO4. The lowest BCUT2D eigenvalue weighted by Gasteiger charge is -2.07. The maximum absolute atomic E-state index is 10.5. The van der Waals surface area contributed by atoms with Crippen molar-refractivity contribution in [3.63, 3.8) is 0 Å². The molecule has 0 amide bonds. The Kier molecular flexibility index (Phi) is 8.40. The Morgan fingerprint density at radius 2 is 1.41 bits per heavy atom. The smallest absolute Gasteiger partial charge is 0.320 e. The van der Waals surface area contributed by atoms with Crippen LogP contribution >= 0.6 is 0 Å². The number of carboxylic acid groups (broad SMARTS) is 2. The van der Waals surface area contributed by atoms with Gasteiger partial charge in [-0.05, 0) is 12.8 Å². The van der Waals surface area contributed by atoms with Crippen LogP contribution in [0.4, 0.5) is 0 Å². The molecule has 2 unspecified atom stereocenters. The molecule has 0 aromatic rings. The van der Waals surface area contributed by atoms with Gasteiger partial charge in [-0.15, -0.1) is 0 Å². The molecule has 0 saturated carbocycles. The average molecular weight is 245 g/mol. The van der Waals surface area contributed by atoms with Crippen molar-refractivity contribution in [2.24, 2.45) is 11.7 Å². The van der Waals surface area contributed by atoms with Crippen molar-refractivity contribution < 1.29 is 19.8 Å². The molecule has 0 rings (SSSR count). The van der Waals surface area contributed by atoms with E-state index in [1.807, 2.05) is 0 Å². The van der Waals surface area contributed by atoms with E-state index in [1.54, 1.807) is 6.92 Å². The van der Waals surface area contributed by atoms with Gasteiger partial charge in [0.25, 0.3) is 0 Å². The van der Waals surface area contributed by atoms with E-state index in [0.717, 1.165) is 32.1 Å². The summed E-state index contributed by atoms with van der Waals surface area (Å²) in [6, 6.07) is -0.748. The molecule has 4 N–H and O–H groups in total. The molecule has 5 heteroatoms. The normalized spacial score (nSPS) is 14.2. The van der Waals surface area contributed by atoms with E-state index in [-0.39, 0.29) is 5.92 Å². The van der Waals surface area contributed by atoms with Crippen LogP contribution in [0.15, 0.2) is 0 Å². The van der Waals surface area contributed by atoms with Gasteiger partial charge in [0.15, 0.2) is 0 Å². The first-order valence-electron chi connectivity index (χ1n) is 6.16. The standard InChI is InChI=1S/C12H23NO4/c1-9(11(14)15)7-5-3-2-4-6-8-10(13)12(16)17/h9-10H,2-8,13H2,1H3,(H,14,15)(H,16,17). The van der Waals surface area contributed by atoms with Gasteiger partial charge in [-0.2, -0.15) is 0 Å². The average Bonchev–Trinajstić information content (AvgIpc) is 2.26. The molecular weight excluding hydrogens is 222 g/mol. The van der Waals surface area contributed by atoms with Gasteiger partial charge in [0.2, 0.25) is 0 Å². The van der Waals surface area contributed by atoms with E-state index in [4.69, 9.17) is 15.9 Å². The van der Waals surface area contributed by atoms with Crippen LogP contribution in [0.3, 0.4) is 0 Å². The predicted octanol–water partition coefficient (Wildman–Crippen LogP) is 1.85. The van der Waals surface area contributed by atoms with Crippen LogP contribution in [0.25, 0.3) is 0 Å². The van der Waals surface area contributed by atoms with E-state index in [2.05, 4.69) is 0 Å². The van der Waals surface area contributed by atoms with Crippen molar-refractivity contribution in [3.8, 4) is 0 Å². The zero-order valence-corrected chi connectivity index (χ0v) is 10.4. The van der Waals surface area contributed by atoms with Crippen molar-refractivity contribution in [1.82, 2.24) is 0 Å². The van der Waals surface area contributed by atoms with Crippen molar-refractivity contribution >= 4 is 11.9 Å². The van der Waals surface area contributed by atoms with E-state index < -0.39 is 18.0 Å². The number of unbranched alkanes of at least 4 members (excludes halogenated alkanes) is 4. The van der Waals surface area contributed by atoms with E-state index in [0.29, 0.717) is 12.8 Å². The van der Waals surface area contributed by atoms with E-state index >= 15 is 0 Å². The Hall–Kier alpha value is -1.10. The summed E-state index contributed by atoms with van der Waals surface area (Å²) in [5.74, 6) is -1.95. The number of hydrogen-bond donors (Lipinski definition) is 3. The molecule has 0 saturated heterocycles. The van der Waals surface area contributed by atoms with Gasteiger partial charge >= 0.3 is 11.9 Å². The summed E-state index contributed by atoms with van der Waals surface area (Å²) in [5.41, 5.74) is 5.37. The van der Waals surface area contributed by atoms with Crippen LogP contribution in [-0.2, 0) is 9.59 Å². The van der Waals surface area contributed by atoms with Gasteiger partial charge in [-0.1, -0.05) is 39.0 Å². The second-order valence-corrected chi connectivity index (χ2v) is 4.53. The molecule has 0 aliphatic heterocycles. The molecule has 0 aromatic heterocycles. The van der Waals surface area contributed by atoms with E-state index in [9.17, 15) is 9.59 Å². The Bertz CT molecular complexity index is 219. The summed E-state index contributed by atoms with van der Waals surface area (Å²) in [6.45, 7) is 1.72. The maximum Gasteiger partial charge on any atom is 0.320 e. The molecule has 17 heavy (non-hydrogen) atoms. The highest BCUT2D eigenvalue weighted by atomic mass is 16.4. The van der Waals surface area contributed by atoms with Gasteiger partial charge in [-0.3, -0.25) is 9.59 Å². The lowest BCUT2D eigenvalue weighted by Crippen LogP contribution is -2.29. The lowest BCUT2D eigenvalue weighted by molar-refractivity contribution is -0.141. The largest absolute Gasteiger partial charge is 0.481 e. The van der Waals surface area contributed by atoms with Crippen molar-refractivity contribution in [2.45, 2.75) is 57.9 Å². The molecule has 100 valence electrons. The third-order valence-corrected chi connectivity index (χ3v) is 2.89. The summed E-state index contributed by atoms with van der Waals surface area (Å²) < 4.78 is 0.